The molecule has 1 aliphatic carbocycles. The molecule has 1 N–H and O–H groups in total. The number of hydrogen-bond acceptors (Lipinski definition) is 2. The summed E-state index contributed by atoms with van der Waals surface area (Å²) in [5.74, 6) is 0.364. The van der Waals surface area contributed by atoms with Gasteiger partial charge in [-0.05, 0) is 48.3 Å². The zero-order valence-electron chi connectivity index (χ0n) is 13.6. The molecule has 2 rings (SSSR count). The normalized spacial score (nSPS) is 21.3. The highest BCUT2D eigenvalue weighted by molar-refractivity contribution is 5.95. The van der Waals surface area contributed by atoms with Crippen LogP contribution in [0.4, 0.5) is 0 Å². The van der Waals surface area contributed by atoms with Crippen LogP contribution in [0.3, 0.4) is 0 Å². The molecule has 21 heavy (non-hydrogen) atoms. The second-order valence-electron chi connectivity index (χ2n) is 7.02. The van der Waals surface area contributed by atoms with Crippen molar-refractivity contribution in [2.75, 3.05) is 0 Å². The molecular weight excluding hydrogens is 260 g/mol. The van der Waals surface area contributed by atoms with Crippen LogP contribution in [0.5, 0.6) is 0 Å². The van der Waals surface area contributed by atoms with E-state index in [9.17, 15) is 4.79 Å². The number of carbonyl (C=O) groups is 1. The number of amides is 1. The number of hydrogen-bond donors (Lipinski definition) is 1. The molecule has 0 spiro atoms. The summed E-state index contributed by atoms with van der Waals surface area (Å²) in [6, 6.07) is 7.79. The van der Waals surface area contributed by atoms with Crippen molar-refractivity contribution in [2.24, 2.45) is 11.0 Å². The summed E-state index contributed by atoms with van der Waals surface area (Å²) in [6.07, 6.45) is 4.63. The second-order valence-corrected chi connectivity index (χ2v) is 7.02. The third-order valence-electron chi connectivity index (χ3n) is 4.20. The first-order chi connectivity index (χ1) is 9.88. The van der Waals surface area contributed by atoms with Crippen LogP contribution in [0.15, 0.2) is 29.4 Å². The number of nitrogens with zero attached hydrogens (tertiary/aromatic N) is 1. The smallest absolute Gasteiger partial charge is 0.267 e. The maximum atomic E-state index is 12.1. The van der Waals surface area contributed by atoms with E-state index in [0.717, 1.165) is 12.1 Å². The summed E-state index contributed by atoms with van der Waals surface area (Å²) in [5.41, 5.74) is 5.83. The highest BCUT2D eigenvalue weighted by Gasteiger charge is 2.17. The summed E-state index contributed by atoms with van der Waals surface area (Å²) >= 11 is 0. The van der Waals surface area contributed by atoms with Crippen LogP contribution < -0.4 is 5.43 Å². The van der Waals surface area contributed by atoms with Gasteiger partial charge in [-0.2, -0.15) is 5.10 Å². The van der Waals surface area contributed by atoms with E-state index < -0.39 is 0 Å². The Hall–Kier alpha value is -1.64. The van der Waals surface area contributed by atoms with Crippen molar-refractivity contribution in [1.29, 1.82) is 0 Å². The quantitative estimate of drug-likeness (QED) is 0.810. The molecule has 114 valence electrons. The van der Waals surface area contributed by atoms with E-state index in [1.165, 1.54) is 24.8 Å². The Morgan fingerprint density at radius 2 is 1.86 bits per heavy atom. The van der Waals surface area contributed by atoms with Crippen LogP contribution in [-0.4, -0.2) is 11.6 Å². The van der Waals surface area contributed by atoms with Crippen LogP contribution in [-0.2, 0) is 5.41 Å². The van der Waals surface area contributed by atoms with Crippen LogP contribution in [0.2, 0.25) is 0 Å². The average molecular weight is 286 g/mol. The van der Waals surface area contributed by atoms with E-state index in [0.29, 0.717) is 11.5 Å². The molecule has 0 radical (unpaired) electrons. The number of hydrazone groups is 1. The van der Waals surface area contributed by atoms with Gasteiger partial charge >= 0.3 is 0 Å². The molecule has 0 aromatic heterocycles. The van der Waals surface area contributed by atoms with E-state index >= 15 is 0 Å². The van der Waals surface area contributed by atoms with Crippen molar-refractivity contribution in [3.8, 4) is 0 Å². The number of carbonyl (C=O) groups excluding carboxylic acids is 1. The topological polar surface area (TPSA) is 41.5 Å². The van der Waals surface area contributed by atoms with Crippen molar-refractivity contribution in [3.05, 3.63) is 35.4 Å². The maximum absolute atomic E-state index is 12.1. The van der Waals surface area contributed by atoms with Gasteiger partial charge in [0.1, 0.15) is 0 Å². The number of rotatable bonds is 2. The van der Waals surface area contributed by atoms with Gasteiger partial charge < -0.3 is 0 Å². The van der Waals surface area contributed by atoms with Gasteiger partial charge in [0, 0.05) is 11.3 Å². The van der Waals surface area contributed by atoms with Gasteiger partial charge in [0.05, 0.1) is 0 Å². The Morgan fingerprint density at radius 1 is 1.19 bits per heavy atom. The Bertz CT molecular complexity index is 523. The number of nitrogens with one attached hydrogen (secondary N) is 1. The summed E-state index contributed by atoms with van der Waals surface area (Å²) in [7, 11) is 0. The highest BCUT2D eigenvalue weighted by atomic mass is 16.2. The zero-order valence-corrected chi connectivity index (χ0v) is 13.6. The van der Waals surface area contributed by atoms with Crippen LogP contribution in [0.25, 0.3) is 0 Å². The summed E-state index contributed by atoms with van der Waals surface area (Å²) < 4.78 is 0. The Morgan fingerprint density at radius 3 is 2.43 bits per heavy atom. The molecule has 0 saturated heterocycles. The van der Waals surface area contributed by atoms with E-state index in [-0.39, 0.29) is 11.3 Å². The minimum atomic E-state index is -0.124. The lowest BCUT2D eigenvalue weighted by Crippen LogP contribution is -2.24. The van der Waals surface area contributed by atoms with E-state index in [4.69, 9.17) is 0 Å². The minimum absolute atomic E-state index is 0.104. The average Bonchev–Trinajstić information content (AvgIpc) is 2.45. The number of benzene rings is 1. The fraction of sp³-hybridized carbons (Fsp3) is 0.556. The van der Waals surface area contributed by atoms with Gasteiger partial charge in [-0.15, -0.1) is 0 Å². The third-order valence-corrected chi connectivity index (χ3v) is 4.20. The molecule has 1 fully saturated rings. The molecule has 3 heteroatoms. The first-order valence-electron chi connectivity index (χ1n) is 7.85. The zero-order chi connectivity index (χ0) is 15.5. The molecule has 1 aromatic carbocycles. The Labute approximate surface area is 127 Å². The van der Waals surface area contributed by atoms with Crippen molar-refractivity contribution >= 4 is 11.6 Å². The maximum Gasteiger partial charge on any atom is 0.271 e. The van der Waals surface area contributed by atoms with E-state index in [1.54, 1.807) is 0 Å². The standard InChI is InChI=1S/C18H26N2O/c1-13-7-5-6-8-16(13)19-20-17(21)14-9-11-15(12-10-14)18(2,3)4/h9-13H,5-8H2,1-4H3,(H,20,21)/b19-16+/t13-/m1/s1. The van der Waals surface area contributed by atoms with Crippen LogP contribution >= 0.6 is 0 Å². The lowest BCUT2D eigenvalue weighted by Gasteiger charge is -2.20. The van der Waals surface area contributed by atoms with Crippen molar-refractivity contribution in [3.63, 3.8) is 0 Å². The van der Waals surface area contributed by atoms with Gasteiger partial charge in [0.2, 0.25) is 0 Å². The fourth-order valence-corrected chi connectivity index (χ4v) is 2.64. The summed E-state index contributed by atoms with van der Waals surface area (Å²) in [5, 5.41) is 4.33. The Kier molecular flexibility index (Phi) is 4.81. The van der Waals surface area contributed by atoms with Gasteiger partial charge in [-0.3, -0.25) is 4.79 Å². The predicted octanol–water partition coefficient (Wildman–Crippen LogP) is 4.28. The van der Waals surface area contributed by atoms with Crippen LogP contribution in [0.1, 0.15) is 69.3 Å². The molecule has 1 aromatic rings. The van der Waals surface area contributed by atoms with Crippen molar-refractivity contribution < 1.29 is 4.79 Å². The first kappa shape index (κ1) is 15.7. The van der Waals surface area contributed by atoms with Crippen LogP contribution in [0, 0.1) is 5.92 Å². The molecule has 0 bridgehead atoms. The van der Waals surface area contributed by atoms with E-state index in [1.807, 2.05) is 24.3 Å². The minimum Gasteiger partial charge on any atom is -0.267 e. The largest absolute Gasteiger partial charge is 0.271 e. The molecule has 3 nitrogen and oxygen atoms in total. The van der Waals surface area contributed by atoms with Gasteiger partial charge in [0.25, 0.3) is 5.91 Å². The third kappa shape index (κ3) is 4.16. The molecule has 0 aliphatic heterocycles. The van der Waals surface area contributed by atoms with Gasteiger partial charge in [0.15, 0.2) is 0 Å². The highest BCUT2D eigenvalue weighted by Crippen LogP contribution is 2.22. The molecule has 1 saturated carbocycles. The molecule has 1 atom stereocenters. The SMILES string of the molecule is C[C@@H]1CCCC/C1=N\NC(=O)c1ccc(C(C)(C)C)cc1. The van der Waals surface area contributed by atoms with Crippen molar-refractivity contribution in [2.45, 2.75) is 58.8 Å². The lowest BCUT2D eigenvalue weighted by atomic mass is 9.87. The first-order valence-corrected chi connectivity index (χ1v) is 7.85. The molecule has 0 heterocycles. The summed E-state index contributed by atoms with van der Waals surface area (Å²) in [6.45, 7) is 8.68. The monoisotopic (exact) mass is 286 g/mol. The van der Waals surface area contributed by atoms with Crippen molar-refractivity contribution in [1.82, 2.24) is 5.43 Å². The summed E-state index contributed by atoms with van der Waals surface area (Å²) in [4.78, 5) is 12.1. The Balaban J connectivity index is 2.02. The molecular formula is C18H26N2O. The van der Waals surface area contributed by atoms with Gasteiger partial charge in [-0.1, -0.05) is 46.2 Å². The molecule has 1 aliphatic rings. The lowest BCUT2D eigenvalue weighted by molar-refractivity contribution is 0.0954. The predicted molar refractivity (Wildman–Crippen MR) is 87.7 cm³/mol. The van der Waals surface area contributed by atoms with Gasteiger partial charge in [-0.25, -0.2) is 5.43 Å². The second kappa shape index (κ2) is 6.42. The molecule has 1 amide bonds. The molecule has 0 unspecified atom stereocenters. The fourth-order valence-electron chi connectivity index (χ4n) is 2.64. The van der Waals surface area contributed by atoms with E-state index in [2.05, 4.69) is 38.2 Å².